The maximum absolute atomic E-state index is 11.6. The van der Waals surface area contributed by atoms with Crippen LogP contribution in [0.25, 0.3) is 0 Å². The SMILES string of the molecule is CC1CC(=O)c2cc(Cl)c(Cl)cc2S1. The Labute approximate surface area is 96.8 Å². The summed E-state index contributed by atoms with van der Waals surface area (Å²) in [5.41, 5.74) is 0.711. The summed E-state index contributed by atoms with van der Waals surface area (Å²) in [5.74, 6) is 0.157. The number of rotatable bonds is 0. The summed E-state index contributed by atoms with van der Waals surface area (Å²) in [6, 6.07) is 3.44. The molecule has 1 aromatic carbocycles. The number of carbonyl (C=O) groups is 1. The van der Waals surface area contributed by atoms with Crippen molar-refractivity contribution in [1.82, 2.24) is 0 Å². The normalized spacial score (nSPS) is 20.8. The van der Waals surface area contributed by atoms with Gasteiger partial charge in [-0.1, -0.05) is 30.1 Å². The van der Waals surface area contributed by atoms with Gasteiger partial charge in [-0.25, -0.2) is 0 Å². The van der Waals surface area contributed by atoms with Crippen molar-refractivity contribution in [2.45, 2.75) is 23.5 Å². The van der Waals surface area contributed by atoms with Crippen LogP contribution >= 0.6 is 35.0 Å². The Hall–Kier alpha value is -0.180. The highest BCUT2D eigenvalue weighted by Gasteiger charge is 2.23. The van der Waals surface area contributed by atoms with Crippen LogP contribution in [-0.4, -0.2) is 11.0 Å². The lowest BCUT2D eigenvalue weighted by Crippen LogP contribution is -2.14. The molecule has 1 unspecified atom stereocenters. The molecule has 2 rings (SSSR count). The minimum Gasteiger partial charge on any atom is -0.294 e. The number of benzene rings is 1. The lowest BCUT2D eigenvalue weighted by Gasteiger charge is -2.20. The van der Waals surface area contributed by atoms with Crippen molar-refractivity contribution in [3.05, 3.63) is 27.7 Å². The van der Waals surface area contributed by atoms with Crippen molar-refractivity contribution in [3.8, 4) is 0 Å². The number of hydrogen-bond donors (Lipinski definition) is 0. The second-order valence-electron chi connectivity index (χ2n) is 3.32. The molecule has 1 nitrogen and oxygen atoms in total. The summed E-state index contributed by atoms with van der Waals surface area (Å²) in [7, 11) is 0. The third-order valence-electron chi connectivity index (χ3n) is 2.12. The van der Waals surface area contributed by atoms with Gasteiger partial charge >= 0.3 is 0 Å². The highest BCUT2D eigenvalue weighted by atomic mass is 35.5. The monoisotopic (exact) mass is 246 g/mol. The summed E-state index contributed by atoms with van der Waals surface area (Å²) in [5, 5.41) is 1.29. The fourth-order valence-electron chi connectivity index (χ4n) is 1.47. The molecule has 0 aliphatic carbocycles. The molecule has 0 bridgehead atoms. The Morgan fingerprint density at radius 3 is 2.71 bits per heavy atom. The van der Waals surface area contributed by atoms with Crippen LogP contribution in [0.2, 0.25) is 10.0 Å². The fraction of sp³-hybridized carbons (Fsp3) is 0.300. The van der Waals surface area contributed by atoms with Gasteiger partial charge in [0.2, 0.25) is 0 Å². The summed E-state index contributed by atoms with van der Waals surface area (Å²) in [6.07, 6.45) is 0.579. The van der Waals surface area contributed by atoms with E-state index in [4.69, 9.17) is 23.2 Å². The van der Waals surface area contributed by atoms with Gasteiger partial charge in [0.25, 0.3) is 0 Å². The van der Waals surface area contributed by atoms with Gasteiger partial charge in [-0.3, -0.25) is 4.79 Å². The molecular weight excluding hydrogens is 239 g/mol. The number of ketones is 1. The van der Waals surface area contributed by atoms with Crippen LogP contribution in [0.3, 0.4) is 0 Å². The van der Waals surface area contributed by atoms with E-state index in [0.29, 0.717) is 27.3 Å². The summed E-state index contributed by atoms with van der Waals surface area (Å²) >= 11 is 13.4. The Bertz CT molecular complexity index is 403. The summed E-state index contributed by atoms with van der Waals surface area (Å²) in [4.78, 5) is 12.6. The Balaban J connectivity index is 2.55. The molecule has 0 N–H and O–H groups in total. The van der Waals surface area contributed by atoms with Crippen molar-refractivity contribution in [1.29, 1.82) is 0 Å². The zero-order valence-corrected chi connectivity index (χ0v) is 9.84. The third-order valence-corrected chi connectivity index (χ3v) is 4.01. The molecule has 0 spiro atoms. The van der Waals surface area contributed by atoms with E-state index < -0.39 is 0 Å². The number of halogens is 2. The Morgan fingerprint density at radius 1 is 1.36 bits per heavy atom. The molecule has 0 aromatic heterocycles. The summed E-state index contributed by atoms with van der Waals surface area (Å²) < 4.78 is 0. The van der Waals surface area contributed by atoms with E-state index in [1.807, 2.05) is 6.92 Å². The van der Waals surface area contributed by atoms with E-state index in [-0.39, 0.29) is 5.78 Å². The number of thioether (sulfide) groups is 1. The Kier molecular flexibility index (Phi) is 2.78. The van der Waals surface area contributed by atoms with Crippen LogP contribution in [0.15, 0.2) is 17.0 Å². The summed E-state index contributed by atoms with van der Waals surface area (Å²) in [6.45, 7) is 2.04. The largest absolute Gasteiger partial charge is 0.294 e. The van der Waals surface area contributed by atoms with Gasteiger partial charge in [0.05, 0.1) is 10.0 Å². The van der Waals surface area contributed by atoms with Crippen molar-refractivity contribution >= 4 is 40.7 Å². The van der Waals surface area contributed by atoms with Crippen molar-refractivity contribution in [3.63, 3.8) is 0 Å². The van der Waals surface area contributed by atoms with Crippen LogP contribution in [0, 0.1) is 0 Å². The smallest absolute Gasteiger partial charge is 0.165 e. The van der Waals surface area contributed by atoms with E-state index >= 15 is 0 Å². The number of fused-ring (bicyclic) bond motifs is 1. The van der Waals surface area contributed by atoms with Crippen LogP contribution in [0.5, 0.6) is 0 Å². The topological polar surface area (TPSA) is 17.1 Å². The second kappa shape index (κ2) is 3.76. The molecule has 0 saturated carbocycles. The van der Waals surface area contributed by atoms with Gasteiger partial charge in [0.1, 0.15) is 0 Å². The number of carbonyl (C=O) groups excluding carboxylic acids is 1. The molecule has 0 saturated heterocycles. The van der Waals surface area contributed by atoms with Crippen molar-refractivity contribution < 1.29 is 4.79 Å². The predicted molar refractivity (Wildman–Crippen MR) is 60.7 cm³/mol. The van der Waals surface area contributed by atoms with Gasteiger partial charge in [0.15, 0.2) is 5.78 Å². The van der Waals surface area contributed by atoms with E-state index in [1.54, 1.807) is 23.9 Å². The molecule has 1 aromatic rings. The number of Topliss-reactive ketones (excluding diaryl/α,β-unsaturated/α-hetero) is 1. The van der Waals surface area contributed by atoms with E-state index in [1.165, 1.54) is 0 Å². The lowest BCUT2D eigenvalue weighted by atomic mass is 10.1. The van der Waals surface area contributed by atoms with Gasteiger partial charge in [-0.05, 0) is 12.1 Å². The van der Waals surface area contributed by atoms with Crippen LogP contribution in [0.1, 0.15) is 23.7 Å². The van der Waals surface area contributed by atoms with Crippen LogP contribution < -0.4 is 0 Å². The first-order valence-corrected chi connectivity index (χ1v) is 5.90. The molecule has 1 aliphatic rings. The first-order chi connectivity index (χ1) is 6.58. The zero-order chi connectivity index (χ0) is 10.3. The van der Waals surface area contributed by atoms with E-state index in [0.717, 1.165) is 4.90 Å². The molecule has 0 radical (unpaired) electrons. The first-order valence-electron chi connectivity index (χ1n) is 4.27. The molecule has 0 fully saturated rings. The second-order valence-corrected chi connectivity index (χ2v) is 5.61. The minimum atomic E-state index is 0.157. The molecule has 1 heterocycles. The molecule has 14 heavy (non-hydrogen) atoms. The molecular formula is C10H8Cl2OS. The van der Waals surface area contributed by atoms with Crippen molar-refractivity contribution in [2.75, 3.05) is 0 Å². The maximum Gasteiger partial charge on any atom is 0.165 e. The first kappa shape index (κ1) is 10.3. The fourth-order valence-corrected chi connectivity index (χ4v) is 3.02. The predicted octanol–water partition coefficient (Wildman–Crippen LogP) is 4.06. The average Bonchev–Trinajstić information content (AvgIpc) is 2.08. The highest BCUT2D eigenvalue weighted by Crippen LogP contribution is 2.39. The van der Waals surface area contributed by atoms with Crippen LogP contribution in [0.4, 0.5) is 0 Å². The molecule has 74 valence electrons. The van der Waals surface area contributed by atoms with E-state index in [2.05, 4.69) is 0 Å². The molecule has 4 heteroatoms. The minimum absolute atomic E-state index is 0.157. The Morgan fingerprint density at radius 2 is 2.00 bits per heavy atom. The maximum atomic E-state index is 11.6. The molecule has 1 atom stereocenters. The quantitative estimate of drug-likeness (QED) is 0.687. The number of hydrogen-bond acceptors (Lipinski definition) is 2. The molecule has 1 aliphatic heterocycles. The van der Waals surface area contributed by atoms with Crippen LogP contribution in [-0.2, 0) is 0 Å². The van der Waals surface area contributed by atoms with Gasteiger partial charge in [0, 0.05) is 22.1 Å². The van der Waals surface area contributed by atoms with Gasteiger partial charge in [-0.15, -0.1) is 11.8 Å². The third kappa shape index (κ3) is 1.79. The highest BCUT2D eigenvalue weighted by molar-refractivity contribution is 8.00. The standard InChI is InChI=1S/C10H8Cl2OS/c1-5-2-9(13)6-3-7(11)8(12)4-10(6)14-5/h3-5H,2H2,1H3. The van der Waals surface area contributed by atoms with Gasteiger partial charge in [-0.2, -0.15) is 0 Å². The lowest BCUT2D eigenvalue weighted by molar-refractivity contribution is 0.0978. The van der Waals surface area contributed by atoms with E-state index in [9.17, 15) is 4.79 Å². The average molecular weight is 247 g/mol. The van der Waals surface area contributed by atoms with Crippen molar-refractivity contribution in [2.24, 2.45) is 0 Å². The molecule has 0 amide bonds. The van der Waals surface area contributed by atoms with Gasteiger partial charge < -0.3 is 0 Å². The zero-order valence-electron chi connectivity index (χ0n) is 7.51.